The lowest BCUT2D eigenvalue weighted by Gasteiger charge is -2.21. The van der Waals surface area contributed by atoms with Crippen molar-refractivity contribution in [3.8, 4) is 0 Å². The average Bonchev–Trinajstić information content (AvgIpc) is 2.25. The van der Waals surface area contributed by atoms with E-state index in [1.807, 2.05) is 12.1 Å². The molecule has 0 aliphatic heterocycles. The molecule has 0 fully saturated rings. The monoisotopic (exact) mass is 286 g/mol. The zero-order chi connectivity index (χ0) is 12.1. The first kappa shape index (κ1) is 13.7. The van der Waals surface area contributed by atoms with Gasteiger partial charge in [0.15, 0.2) is 0 Å². The highest BCUT2D eigenvalue weighted by atomic mass is 79.9. The number of aliphatic hydroxyl groups is 2. The Morgan fingerprint density at radius 3 is 2.50 bits per heavy atom. The number of aliphatic hydroxyl groups excluding tert-OH is 2. The van der Waals surface area contributed by atoms with Crippen LogP contribution >= 0.6 is 15.9 Å². The van der Waals surface area contributed by atoms with Gasteiger partial charge >= 0.3 is 0 Å². The number of rotatable bonds is 5. The van der Waals surface area contributed by atoms with Crippen molar-refractivity contribution in [1.29, 1.82) is 0 Å². The third-order valence-electron chi connectivity index (χ3n) is 2.90. The van der Waals surface area contributed by atoms with E-state index < -0.39 is 12.2 Å². The van der Waals surface area contributed by atoms with Crippen LogP contribution in [0.25, 0.3) is 0 Å². The third kappa shape index (κ3) is 3.89. The summed E-state index contributed by atoms with van der Waals surface area (Å²) < 4.78 is 1.05. The van der Waals surface area contributed by atoms with Gasteiger partial charge in [-0.3, -0.25) is 0 Å². The van der Waals surface area contributed by atoms with Crippen LogP contribution in [0, 0.1) is 0 Å². The molecule has 0 radical (unpaired) electrons. The molecule has 3 unspecified atom stereocenters. The molecule has 1 aromatic rings. The molecule has 3 atom stereocenters. The van der Waals surface area contributed by atoms with Crippen LogP contribution in [0.15, 0.2) is 28.7 Å². The van der Waals surface area contributed by atoms with Crippen molar-refractivity contribution < 1.29 is 10.2 Å². The highest BCUT2D eigenvalue weighted by molar-refractivity contribution is 9.10. The van der Waals surface area contributed by atoms with E-state index in [0.29, 0.717) is 12.3 Å². The predicted molar refractivity (Wildman–Crippen MR) is 69.5 cm³/mol. The third-order valence-corrected chi connectivity index (χ3v) is 3.39. The Kier molecular flexibility index (Phi) is 5.46. The van der Waals surface area contributed by atoms with Crippen LogP contribution < -0.4 is 0 Å². The molecule has 0 saturated carbocycles. The number of hydrogen-bond donors (Lipinski definition) is 2. The molecule has 0 heterocycles. The molecule has 0 saturated heterocycles. The molecule has 2 nitrogen and oxygen atoms in total. The molecule has 0 aliphatic rings. The highest BCUT2D eigenvalue weighted by Crippen LogP contribution is 2.27. The van der Waals surface area contributed by atoms with Gasteiger partial charge in [-0.1, -0.05) is 35.0 Å². The van der Waals surface area contributed by atoms with E-state index in [9.17, 15) is 10.2 Å². The lowest BCUT2D eigenvalue weighted by atomic mass is 9.90. The minimum atomic E-state index is -0.666. The Labute approximate surface area is 105 Å². The smallest absolute Gasteiger partial charge is 0.0802 e. The van der Waals surface area contributed by atoms with Gasteiger partial charge in [0, 0.05) is 4.47 Å². The van der Waals surface area contributed by atoms with Crippen LogP contribution in [-0.4, -0.2) is 22.4 Å². The van der Waals surface area contributed by atoms with E-state index in [4.69, 9.17) is 0 Å². The Hall–Kier alpha value is -0.380. The molecule has 0 aliphatic carbocycles. The largest absolute Gasteiger partial charge is 0.391 e. The predicted octanol–water partition coefficient (Wildman–Crippen LogP) is 3.07. The van der Waals surface area contributed by atoms with Gasteiger partial charge in [0.1, 0.15) is 0 Å². The van der Waals surface area contributed by atoms with Crippen LogP contribution in [0.5, 0.6) is 0 Å². The van der Waals surface area contributed by atoms with E-state index in [-0.39, 0.29) is 0 Å². The summed E-state index contributed by atoms with van der Waals surface area (Å²) in [4.78, 5) is 0. The summed E-state index contributed by atoms with van der Waals surface area (Å²) in [7, 11) is 0. The maximum atomic E-state index is 9.70. The molecule has 0 amide bonds. The van der Waals surface area contributed by atoms with Gasteiger partial charge in [-0.2, -0.15) is 0 Å². The maximum Gasteiger partial charge on any atom is 0.0802 e. The molecule has 1 aromatic carbocycles. The molecule has 0 aromatic heterocycles. The summed E-state index contributed by atoms with van der Waals surface area (Å²) in [6, 6.07) is 8.12. The average molecular weight is 287 g/mol. The van der Waals surface area contributed by atoms with Gasteiger partial charge in [-0.15, -0.1) is 0 Å². The Morgan fingerprint density at radius 2 is 2.00 bits per heavy atom. The van der Waals surface area contributed by atoms with Crippen LogP contribution in [0.1, 0.15) is 38.2 Å². The fraction of sp³-hybridized carbons (Fsp3) is 0.538. The number of hydrogen-bond acceptors (Lipinski definition) is 2. The second kappa shape index (κ2) is 6.38. The summed E-state index contributed by atoms with van der Waals surface area (Å²) in [5.41, 5.74) is 1.21. The van der Waals surface area contributed by atoms with E-state index in [1.165, 1.54) is 5.56 Å². The van der Waals surface area contributed by atoms with Gasteiger partial charge in [0.25, 0.3) is 0 Å². The minimum absolute atomic E-state index is 0.294. The van der Waals surface area contributed by atoms with Gasteiger partial charge in [0.2, 0.25) is 0 Å². The lowest BCUT2D eigenvalue weighted by Crippen LogP contribution is -2.24. The van der Waals surface area contributed by atoms with Crippen molar-refractivity contribution in [3.05, 3.63) is 34.3 Å². The zero-order valence-electron chi connectivity index (χ0n) is 9.73. The molecule has 90 valence electrons. The maximum absolute atomic E-state index is 9.70. The van der Waals surface area contributed by atoms with Crippen molar-refractivity contribution in [2.24, 2.45) is 0 Å². The van der Waals surface area contributed by atoms with Gasteiger partial charge in [-0.25, -0.2) is 0 Å². The van der Waals surface area contributed by atoms with Crippen LogP contribution in [0.4, 0.5) is 0 Å². The van der Waals surface area contributed by atoms with Crippen molar-refractivity contribution >= 4 is 15.9 Å². The van der Waals surface area contributed by atoms with Crippen molar-refractivity contribution in [1.82, 2.24) is 0 Å². The van der Waals surface area contributed by atoms with Crippen molar-refractivity contribution in [3.63, 3.8) is 0 Å². The molecule has 16 heavy (non-hydrogen) atoms. The lowest BCUT2D eigenvalue weighted by molar-refractivity contribution is 0.0215. The molecule has 3 heteroatoms. The second-order valence-corrected chi connectivity index (χ2v) is 5.12. The normalized spacial score (nSPS) is 16.8. The van der Waals surface area contributed by atoms with Crippen molar-refractivity contribution in [2.75, 3.05) is 0 Å². The Balaban J connectivity index is 2.74. The number of benzene rings is 1. The summed E-state index contributed by atoms with van der Waals surface area (Å²) in [5, 5.41) is 19.0. The fourth-order valence-electron chi connectivity index (χ4n) is 1.79. The zero-order valence-corrected chi connectivity index (χ0v) is 11.3. The van der Waals surface area contributed by atoms with E-state index in [2.05, 4.69) is 35.0 Å². The molecule has 0 spiro atoms. The summed E-state index contributed by atoms with van der Waals surface area (Å²) in [6.45, 7) is 3.72. The Morgan fingerprint density at radius 1 is 1.31 bits per heavy atom. The van der Waals surface area contributed by atoms with Gasteiger partial charge in [-0.05, 0) is 43.4 Å². The first-order valence-electron chi connectivity index (χ1n) is 5.66. The molecule has 1 rings (SSSR count). The van der Waals surface area contributed by atoms with Crippen molar-refractivity contribution in [2.45, 2.75) is 44.8 Å². The molecule has 0 bridgehead atoms. The number of halogens is 1. The first-order chi connectivity index (χ1) is 7.54. The van der Waals surface area contributed by atoms with E-state index in [1.54, 1.807) is 6.92 Å². The topological polar surface area (TPSA) is 40.5 Å². The second-order valence-electron chi connectivity index (χ2n) is 4.20. The highest BCUT2D eigenvalue weighted by Gasteiger charge is 2.18. The summed E-state index contributed by atoms with van der Waals surface area (Å²) in [6.07, 6.45) is 0.246. The van der Waals surface area contributed by atoms with Gasteiger partial charge < -0.3 is 10.2 Å². The van der Waals surface area contributed by atoms with Crippen LogP contribution in [0.2, 0.25) is 0 Å². The Bertz CT molecular complexity index is 325. The van der Waals surface area contributed by atoms with Gasteiger partial charge in [0.05, 0.1) is 12.2 Å². The standard InChI is InChI=1S/C13H19BrO2/c1-3-10(8-13(16)9(2)15)11-5-4-6-12(14)7-11/h4-7,9-10,13,15-16H,3,8H2,1-2H3. The van der Waals surface area contributed by atoms with E-state index >= 15 is 0 Å². The first-order valence-corrected chi connectivity index (χ1v) is 6.45. The molecule has 2 N–H and O–H groups in total. The SMILES string of the molecule is CCC(CC(O)C(C)O)c1cccc(Br)c1. The molecular formula is C13H19BrO2. The summed E-state index contributed by atoms with van der Waals surface area (Å²) >= 11 is 3.44. The summed E-state index contributed by atoms with van der Waals surface area (Å²) in [5.74, 6) is 0.294. The van der Waals surface area contributed by atoms with E-state index in [0.717, 1.165) is 10.9 Å². The van der Waals surface area contributed by atoms with Crippen LogP contribution in [0.3, 0.4) is 0 Å². The fourth-order valence-corrected chi connectivity index (χ4v) is 2.20. The minimum Gasteiger partial charge on any atom is -0.391 e. The molecular weight excluding hydrogens is 268 g/mol. The van der Waals surface area contributed by atoms with Crippen LogP contribution in [-0.2, 0) is 0 Å². The quantitative estimate of drug-likeness (QED) is 0.873.